The predicted molar refractivity (Wildman–Crippen MR) is 88.2 cm³/mol. The number of anilines is 2. The van der Waals surface area contributed by atoms with Crippen molar-refractivity contribution in [3.8, 4) is 0 Å². The lowest BCUT2D eigenvalue weighted by molar-refractivity contribution is -0.114. The minimum Gasteiger partial charge on any atom is -0.323 e. The van der Waals surface area contributed by atoms with Crippen LogP contribution in [0.3, 0.4) is 0 Å². The largest absolute Gasteiger partial charge is 0.323 e. The second-order valence-corrected chi connectivity index (χ2v) is 5.26. The molecule has 0 spiro atoms. The summed E-state index contributed by atoms with van der Waals surface area (Å²) >= 11 is 5.88. The minimum absolute atomic E-state index is 0.00200. The molecule has 0 heterocycles. The van der Waals surface area contributed by atoms with Crippen molar-refractivity contribution in [3.05, 3.63) is 58.4 Å². The van der Waals surface area contributed by atoms with Crippen LogP contribution in [-0.2, 0) is 4.79 Å². The number of rotatable bonds is 4. The molecule has 5 nitrogen and oxygen atoms in total. The number of carbonyl (C=O) groups is 2. The van der Waals surface area contributed by atoms with Gasteiger partial charge < -0.3 is 16.4 Å². The van der Waals surface area contributed by atoms with Crippen molar-refractivity contribution in [3.63, 3.8) is 0 Å². The highest BCUT2D eigenvalue weighted by Crippen LogP contribution is 2.26. The first-order chi connectivity index (χ1) is 10.9. The maximum absolute atomic E-state index is 13.8. The van der Waals surface area contributed by atoms with Crippen molar-refractivity contribution in [2.45, 2.75) is 6.92 Å². The molecule has 2 rings (SSSR count). The van der Waals surface area contributed by atoms with E-state index in [1.165, 1.54) is 12.1 Å². The average molecular weight is 336 g/mol. The van der Waals surface area contributed by atoms with Gasteiger partial charge in [0.15, 0.2) is 0 Å². The highest BCUT2D eigenvalue weighted by Gasteiger charge is 2.17. The number of aryl methyl sites for hydroxylation is 1. The number of hydrogen-bond donors (Lipinski definition) is 3. The molecule has 0 fully saturated rings. The van der Waals surface area contributed by atoms with E-state index in [4.69, 9.17) is 17.3 Å². The number of halogens is 2. The lowest BCUT2D eigenvalue weighted by Crippen LogP contribution is -2.23. The molecule has 0 aromatic heterocycles. The Hall–Kier alpha value is -2.44. The molecule has 0 aliphatic heterocycles. The van der Waals surface area contributed by atoms with Gasteiger partial charge in [0.25, 0.3) is 5.91 Å². The van der Waals surface area contributed by atoms with E-state index < -0.39 is 17.6 Å². The van der Waals surface area contributed by atoms with Crippen molar-refractivity contribution >= 4 is 34.8 Å². The smallest absolute Gasteiger partial charge is 0.260 e. The number of benzene rings is 2. The first-order valence-corrected chi connectivity index (χ1v) is 7.16. The zero-order chi connectivity index (χ0) is 17.0. The Kier molecular flexibility index (Phi) is 5.31. The molecule has 4 N–H and O–H groups in total. The minimum atomic E-state index is -0.727. The molecule has 23 heavy (non-hydrogen) atoms. The van der Waals surface area contributed by atoms with Crippen LogP contribution < -0.4 is 16.4 Å². The monoisotopic (exact) mass is 335 g/mol. The highest BCUT2D eigenvalue weighted by molar-refractivity contribution is 6.34. The van der Waals surface area contributed by atoms with Gasteiger partial charge in [0.1, 0.15) is 5.82 Å². The topological polar surface area (TPSA) is 84.2 Å². The molecule has 0 saturated carbocycles. The molecule has 0 saturated heterocycles. The maximum atomic E-state index is 13.8. The number of amides is 2. The molecule has 0 aliphatic carbocycles. The Bertz CT molecular complexity index is 745. The molecule has 0 bridgehead atoms. The van der Waals surface area contributed by atoms with E-state index in [-0.39, 0.29) is 17.1 Å². The molecule has 2 aromatic carbocycles. The van der Waals surface area contributed by atoms with Gasteiger partial charge in [0.05, 0.1) is 28.5 Å². The Balaban J connectivity index is 2.32. The van der Waals surface area contributed by atoms with Crippen molar-refractivity contribution < 1.29 is 14.0 Å². The summed E-state index contributed by atoms with van der Waals surface area (Å²) in [5, 5.41) is 5.13. The molecular weight excluding hydrogens is 321 g/mol. The van der Waals surface area contributed by atoms with Gasteiger partial charge in [-0.2, -0.15) is 0 Å². The van der Waals surface area contributed by atoms with Crippen molar-refractivity contribution in [1.82, 2.24) is 0 Å². The summed E-state index contributed by atoms with van der Waals surface area (Å²) in [6.45, 7) is 1.64. The number of nitrogens with two attached hydrogens (primary N) is 1. The van der Waals surface area contributed by atoms with E-state index in [2.05, 4.69) is 10.6 Å². The van der Waals surface area contributed by atoms with Gasteiger partial charge in [-0.05, 0) is 36.8 Å². The van der Waals surface area contributed by atoms with E-state index in [9.17, 15) is 14.0 Å². The summed E-state index contributed by atoms with van der Waals surface area (Å²) in [5.74, 6) is -1.84. The summed E-state index contributed by atoms with van der Waals surface area (Å²) in [5.41, 5.74) is 6.59. The van der Waals surface area contributed by atoms with Gasteiger partial charge >= 0.3 is 0 Å². The van der Waals surface area contributed by atoms with Crippen LogP contribution in [0, 0.1) is 12.7 Å². The first-order valence-electron chi connectivity index (χ1n) is 6.78. The van der Waals surface area contributed by atoms with Crippen LogP contribution in [-0.4, -0.2) is 18.4 Å². The zero-order valence-electron chi connectivity index (χ0n) is 12.3. The lowest BCUT2D eigenvalue weighted by atomic mass is 10.1. The SMILES string of the molecule is Cc1ccc(NC(=O)c2c(F)cccc2Cl)c(NC(=O)CN)c1. The third-order valence-corrected chi connectivity index (χ3v) is 3.39. The summed E-state index contributed by atoms with van der Waals surface area (Å²) in [6.07, 6.45) is 0. The fourth-order valence-electron chi connectivity index (χ4n) is 1.97. The molecule has 0 unspecified atom stereocenters. The Labute approximate surface area is 137 Å². The molecule has 0 radical (unpaired) electrons. The second kappa shape index (κ2) is 7.21. The van der Waals surface area contributed by atoms with Crippen LogP contribution in [0.25, 0.3) is 0 Å². The predicted octanol–water partition coefficient (Wildman–Crippen LogP) is 2.94. The lowest BCUT2D eigenvalue weighted by Gasteiger charge is -2.13. The standard InChI is InChI=1S/C16H15ClFN3O2/c1-9-5-6-12(13(7-9)20-14(22)8-19)21-16(23)15-10(17)3-2-4-11(15)18/h2-7H,8,19H2,1H3,(H,20,22)(H,21,23). The van der Waals surface area contributed by atoms with Gasteiger partial charge in [-0.1, -0.05) is 23.7 Å². The van der Waals surface area contributed by atoms with Crippen LogP contribution in [0.1, 0.15) is 15.9 Å². The fourth-order valence-corrected chi connectivity index (χ4v) is 2.22. The molecule has 0 aliphatic rings. The molecular formula is C16H15ClFN3O2. The molecule has 0 atom stereocenters. The van der Waals surface area contributed by atoms with Crippen LogP contribution in [0.5, 0.6) is 0 Å². The Morgan fingerprint density at radius 2 is 1.91 bits per heavy atom. The normalized spacial score (nSPS) is 10.3. The molecule has 2 aromatic rings. The van der Waals surface area contributed by atoms with Crippen LogP contribution >= 0.6 is 11.6 Å². The van der Waals surface area contributed by atoms with Crippen LogP contribution in [0.4, 0.5) is 15.8 Å². The Morgan fingerprint density at radius 1 is 1.17 bits per heavy atom. The first kappa shape index (κ1) is 16.9. The average Bonchev–Trinajstić information content (AvgIpc) is 2.49. The summed E-state index contributed by atoms with van der Waals surface area (Å²) in [4.78, 5) is 23.8. The van der Waals surface area contributed by atoms with Crippen molar-refractivity contribution in [2.24, 2.45) is 5.73 Å². The van der Waals surface area contributed by atoms with Crippen LogP contribution in [0.2, 0.25) is 5.02 Å². The van der Waals surface area contributed by atoms with E-state index in [1.807, 2.05) is 6.92 Å². The van der Waals surface area contributed by atoms with E-state index >= 15 is 0 Å². The summed E-state index contributed by atoms with van der Waals surface area (Å²) in [6, 6.07) is 9.00. The van der Waals surface area contributed by atoms with Gasteiger partial charge in [-0.3, -0.25) is 9.59 Å². The Morgan fingerprint density at radius 3 is 2.57 bits per heavy atom. The quantitative estimate of drug-likeness (QED) is 0.803. The third-order valence-electron chi connectivity index (χ3n) is 3.07. The van der Waals surface area contributed by atoms with E-state index in [0.717, 1.165) is 11.6 Å². The molecule has 2 amide bonds. The number of hydrogen-bond acceptors (Lipinski definition) is 3. The summed E-state index contributed by atoms with van der Waals surface area (Å²) in [7, 11) is 0. The fraction of sp³-hybridized carbons (Fsp3) is 0.125. The van der Waals surface area contributed by atoms with Gasteiger partial charge in [0.2, 0.25) is 5.91 Å². The zero-order valence-corrected chi connectivity index (χ0v) is 13.1. The molecule has 7 heteroatoms. The number of nitrogens with one attached hydrogen (secondary N) is 2. The maximum Gasteiger partial charge on any atom is 0.260 e. The van der Waals surface area contributed by atoms with Crippen molar-refractivity contribution in [1.29, 1.82) is 0 Å². The second-order valence-electron chi connectivity index (χ2n) is 4.85. The summed E-state index contributed by atoms with van der Waals surface area (Å²) < 4.78 is 13.8. The van der Waals surface area contributed by atoms with E-state index in [1.54, 1.807) is 18.2 Å². The van der Waals surface area contributed by atoms with Crippen LogP contribution in [0.15, 0.2) is 36.4 Å². The third kappa shape index (κ3) is 4.06. The van der Waals surface area contributed by atoms with E-state index in [0.29, 0.717) is 11.4 Å². The molecule has 120 valence electrons. The van der Waals surface area contributed by atoms with Gasteiger partial charge in [-0.25, -0.2) is 4.39 Å². The van der Waals surface area contributed by atoms with Crippen molar-refractivity contribution in [2.75, 3.05) is 17.2 Å². The van der Waals surface area contributed by atoms with Gasteiger partial charge in [-0.15, -0.1) is 0 Å². The number of carbonyl (C=O) groups excluding carboxylic acids is 2. The van der Waals surface area contributed by atoms with Gasteiger partial charge in [0, 0.05) is 0 Å². The highest BCUT2D eigenvalue weighted by atomic mass is 35.5.